The molecule has 4 aromatic rings. The fourth-order valence-electron chi connectivity index (χ4n) is 3.50. The Kier molecular flexibility index (Phi) is 7.05. The third-order valence-electron chi connectivity index (χ3n) is 5.39. The lowest BCUT2D eigenvalue weighted by Crippen LogP contribution is -2.27. The number of hydrogen-bond acceptors (Lipinski definition) is 7. The van der Waals surface area contributed by atoms with Crippen LogP contribution in [0.1, 0.15) is 28.4 Å². The number of aromatic hydroxyl groups is 2. The first-order chi connectivity index (χ1) is 17.4. The summed E-state index contributed by atoms with van der Waals surface area (Å²) in [4.78, 5) is 25.7. The third kappa shape index (κ3) is 5.07. The van der Waals surface area contributed by atoms with Gasteiger partial charge >= 0.3 is 0 Å². The average Bonchev–Trinajstić information content (AvgIpc) is 2.87. The van der Waals surface area contributed by atoms with E-state index in [0.717, 1.165) is 6.07 Å². The first-order valence-electron chi connectivity index (χ1n) is 10.9. The second kappa shape index (κ2) is 10.5. The highest BCUT2D eigenvalue weighted by molar-refractivity contribution is 5.98. The number of rotatable bonds is 7. The molecule has 1 heterocycles. The van der Waals surface area contributed by atoms with E-state index >= 15 is 0 Å². The molecule has 0 aliphatic rings. The van der Waals surface area contributed by atoms with E-state index in [9.17, 15) is 24.2 Å². The standard InChI is InChI=1S/C26H22FN5O4/c1-2-32-15-19(26(36)31-29-14-17-8-4-6-10-24(17)34)25(35)18-11-20(27)21(12-22(18)32)30-28-13-16-7-3-5-9-23(16)33/h3-15,30,33-34H,2H2,1H3,(H,31,36)/b28-13-,29-14-. The minimum atomic E-state index is -0.773. The molecule has 0 saturated carbocycles. The molecule has 0 aliphatic carbocycles. The molecule has 0 bridgehead atoms. The number of anilines is 1. The van der Waals surface area contributed by atoms with E-state index in [4.69, 9.17) is 0 Å². The summed E-state index contributed by atoms with van der Waals surface area (Å²) in [6.45, 7) is 2.21. The number of aromatic nitrogens is 1. The first kappa shape index (κ1) is 24.1. The number of para-hydroxylation sites is 2. The molecule has 36 heavy (non-hydrogen) atoms. The van der Waals surface area contributed by atoms with Crippen LogP contribution in [-0.2, 0) is 6.54 Å². The largest absolute Gasteiger partial charge is 0.507 e. The lowest BCUT2D eigenvalue weighted by molar-refractivity contribution is 0.0953. The molecule has 182 valence electrons. The van der Waals surface area contributed by atoms with E-state index in [1.807, 2.05) is 6.92 Å². The van der Waals surface area contributed by atoms with Crippen molar-refractivity contribution < 1.29 is 19.4 Å². The Morgan fingerprint density at radius 3 is 2.22 bits per heavy atom. The molecule has 0 saturated heterocycles. The Bertz CT molecular complexity index is 1560. The van der Waals surface area contributed by atoms with Crippen molar-refractivity contribution in [2.45, 2.75) is 13.5 Å². The van der Waals surface area contributed by atoms with Crippen molar-refractivity contribution in [1.29, 1.82) is 0 Å². The van der Waals surface area contributed by atoms with Crippen LogP contribution in [0.2, 0.25) is 0 Å². The second-order valence-electron chi connectivity index (χ2n) is 7.69. The molecule has 0 fully saturated rings. The van der Waals surface area contributed by atoms with E-state index in [1.165, 1.54) is 36.8 Å². The maximum atomic E-state index is 14.8. The van der Waals surface area contributed by atoms with Gasteiger partial charge in [0.15, 0.2) is 0 Å². The summed E-state index contributed by atoms with van der Waals surface area (Å²) in [5, 5.41) is 27.4. The number of phenols is 2. The zero-order chi connectivity index (χ0) is 25.7. The molecule has 0 radical (unpaired) electrons. The summed E-state index contributed by atoms with van der Waals surface area (Å²) in [5.41, 5.74) is 5.22. The number of halogens is 1. The van der Waals surface area contributed by atoms with Crippen molar-refractivity contribution in [1.82, 2.24) is 9.99 Å². The highest BCUT2D eigenvalue weighted by Crippen LogP contribution is 2.22. The second-order valence-corrected chi connectivity index (χ2v) is 7.69. The van der Waals surface area contributed by atoms with E-state index < -0.39 is 17.2 Å². The van der Waals surface area contributed by atoms with Crippen LogP contribution in [-0.4, -0.2) is 33.1 Å². The zero-order valence-corrected chi connectivity index (χ0v) is 19.1. The van der Waals surface area contributed by atoms with Crippen LogP contribution in [0.5, 0.6) is 11.5 Å². The number of nitrogens with one attached hydrogen (secondary N) is 2. The Hall–Kier alpha value is -4.99. The summed E-state index contributed by atoms with van der Waals surface area (Å²) in [6, 6.07) is 15.4. The van der Waals surface area contributed by atoms with Crippen molar-refractivity contribution >= 4 is 34.9 Å². The average molecular weight is 487 g/mol. The minimum Gasteiger partial charge on any atom is -0.507 e. The van der Waals surface area contributed by atoms with E-state index in [1.54, 1.807) is 41.0 Å². The van der Waals surface area contributed by atoms with Gasteiger partial charge in [0.1, 0.15) is 22.9 Å². The lowest BCUT2D eigenvalue weighted by atomic mass is 10.1. The maximum absolute atomic E-state index is 14.8. The van der Waals surface area contributed by atoms with Gasteiger partial charge in [-0.1, -0.05) is 24.3 Å². The smallest absolute Gasteiger partial charge is 0.276 e. The molecule has 4 N–H and O–H groups in total. The number of nitrogens with zero attached hydrogens (tertiary/aromatic N) is 3. The number of hydrogen-bond donors (Lipinski definition) is 4. The van der Waals surface area contributed by atoms with Crippen LogP contribution >= 0.6 is 0 Å². The summed E-state index contributed by atoms with van der Waals surface area (Å²) in [5.74, 6) is -1.51. The van der Waals surface area contributed by atoms with E-state index in [0.29, 0.717) is 23.2 Å². The van der Waals surface area contributed by atoms with Crippen molar-refractivity contribution in [3.8, 4) is 11.5 Å². The van der Waals surface area contributed by atoms with Gasteiger partial charge in [-0.3, -0.25) is 15.0 Å². The fourth-order valence-corrected chi connectivity index (χ4v) is 3.50. The van der Waals surface area contributed by atoms with Gasteiger partial charge in [-0.25, -0.2) is 9.82 Å². The molecule has 4 rings (SSSR count). The summed E-state index contributed by atoms with van der Waals surface area (Å²) in [6.07, 6.45) is 3.97. The molecule has 9 nitrogen and oxygen atoms in total. The number of carbonyl (C=O) groups excluding carboxylic acids is 1. The van der Waals surface area contributed by atoms with Crippen LogP contribution in [0.3, 0.4) is 0 Å². The fraction of sp³-hybridized carbons (Fsp3) is 0.0769. The normalized spacial score (nSPS) is 11.4. The van der Waals surface area contributed by atoms with Gasteiger partial charge in [-0.05, 0) is 43.3 Å². The number of pyridine rings is 1. The van der Waals surface area contributed by atoms with Crippen molar-refractivity contribution in [2.24, 2.45) is 10.2 Å². The van der Waals surface area contributed by atoms with Gasteiger partial charge in [-0.15, -0.1) is 0 Å². The van der Waals surface area contributed by atoms with Crippen LogP contribution < -0.4 is 16.3 Å². The summed E-state index contributed by atoms with van der Waals surface area (Å²) in [7, 11) is 0. The summed E-state index contributed by atoms with van der Waals surface area (Å²) < 4.78 is 16.5. The number of phenolic OH excluding ortho intramolecular Hbond substituents is 2. The monoisotopic (exact) mass is 487 g/mol. The van der Waals surface area contributed by atoms with Gasteiger partial charge in [0.05, 0.1) is 23.6 Å². The molecule has 1 aromatic heterocycles. The predicted octanol–water partition coefficient (Wildman–Crippen LogP) is 3.78. The van der Waals surface area contributed by atoms with Crippen LogP contribution in [0.25, 0.3) is 10.9 Å². The Morgan fingerprint density at radius 1 is 1.00 bits per heavy atom. The zero-order valence-electron chi connectivity index (χ0n) is 19.1. The van der Waals surface area contributed by atoms with Crippen molar-refractivity contribution in [3.63, 3.8) is 0 Å². The number of fused-ring (bicyclic) bond motifs is 1. The van der Waals surface area contributed by atoms with Crippen LogP contribution in [0, 0.1) is 5.82 Å². The summed E-state index contributed by atoms with van der Waals surface area (Å²) >= 11 is 0. The molecule has 0 unspecified atom stereocenters. The third-order valence-corrected chi connectivity index (χ3v) is 5.39. The van der Waals surface area contributed by atoms with Gasteiger partial charge in [0.25, 0.3) is 5.91 Å². The number of aryl methyl sites for hydroxylation is 1. The first-order valence-corrected chi connectivity index (χ1v) is 10.9. The van der Waals surface area contributed by atoms with Gasteiger partial charge in [0, 0.05) is 29.3 Å². The van der Waals surface area contributed by atoms with Crippen molar-refractivity contribution in [3.05, 3.63) is 99.6 Å². The van der Waals surface area contributed by atoms with Gasteiger partial charge in [-0.2, -0.15) is 10.2 Å². The molecule has 3 aromatic carbocycles. The number of hydrazone groups is 2. The molecule has 1 amide bonds. The van der Waals surface area contributed by atoms with Gasteiger partial charge < -0.3 is 14.8 Å². The van der Waals surface area contributed by atoms with Crippen molar-refractivity contribution in [2.75, 3.05) is 5.43 Å². The van der Waals surface area contributed by atoms with Gasteiger partial charge in [0.2, 0.25) is 5.43 Å². The molecule has 0 aliphatic heterocycles. The van der Waals surface area contributed by atoms with Crippen LogP contribution in [0.15, 0.2) is 81.9 Å². The number of carbonyl (C=O) groups is 1. The highest BCUT2D eigenvalue weighted by atomic mass is 19.1. The Morgan fingerprint density at radius 2 is 1.61 bits per heavy atom. The Balaban J connectivity index is 1.62. The molecule has 0 atom stereocenters. The maximum Gasteiger partial charge on any atom is 0.276 e. The molecular formula is C26H22FN5O4. The Labute approximate surface area is 204 Å². The quantitative estimate of drug-likeness (QED) is 0.233. The van der Waals surface area contributed by atoms with E-state index in [-0.39, 0.29) is 28.1 Å². The predicted molar refractivity (Wildman–Crippen MR) is 136 cm³/mol. The SMILES string of the molecule is CCn1cc(C(=O)N/N=C\c2ccccc2O)c(=O)c2cc(F)c(N/N=C\c3ccccc3O)cc21. The molecule has 0 spiro atoms. The highest BCUT2D eigenvalue weighted by Gasteiger charge is 2.17. The lowest BCUT2D eigenvalue weighted by Gasteiger charge is -2.13. The topological polar surface area (TPSA) is 128 Å². The molecular weight excluding hydrogens is 465 g/mol. The number of amides is 1. The van der Waals surface area contributed by atoms with Crippen LogP contribution in [0.4, 0.5) is 10.1 Å². The minimum absolute atomic E-state index is 0.0141. The van der Waals surface area contributed by atoms with E-state index in [2.05, 4.69) is 21.1 Å². The molecule has 10 heteroatoms. The number of benzene rings is 3.